The summed E-state index contributed by atoms with van der Waals surface area (Å²) >= 11 is 0. The van der Waals surface area contributed by atoms with Gasteiger partial charge in [0.15, 0.2) is 0 Å². The Balaban J connectivity index is 2.21. The Morgan fingerprint density at radius 1 is 1.09 bits per heavy atom. The van der Waals surface area contributed by atoms with Crippen LogP contribution in [0.2, 0.25) is 0 Å². The summed E-state index contributed by atoms with van der Waals surface area (Å²) in [6.07, 6.45) is 0.676. The van der Waals surface area contributed by atoms with Gasteiger partial charge in [0.05, 0.1) is 0 Å². The molecule has 1 amide bonds. The van der Waals surface area contributed by atoms with Crippen molar-refractivity contribution in [1.29, 1.82) is 0 Å². The highest BCUT2D eigenvalue weighted by Gasteiger charge is 2.07. The van der Waals surface area contributed by atoms with Gasteiger partial charge in [0, 0.05) is 30.6 Å². The Morgan fingerprint density at radius 2 is 1.74 bits per heavy atom. The molecule has 2 N–H and O–H groups in total. The van der Waals surface area contributed by atoms with Crippen molar-refractivity contribution in [3.63, 3.8) is 0 Å². The molecule has 0 atom stereocenters. The number of benzene rings is 1. The van der Waals surface area contributed by atoms with E-state index >= 15 is 0 Å². The van der Waals surface area contributed by atoms with Crippen molar-refractivity contribution >= 4 is 17.6 Å². The molecule has 0 saturated heterocycles. The van der Waals surface area contributed by atoms with Gasteiger partial charge in [-0.05, 0) is 38.0 Å². The molecule has 0 aliphatic rings. The number of hydrogen-bond acceptors (Lipinski definition) is 4. The molecule has 0 aliphatic heterocycles. The molecule has 0 fully saturated rings. The van der Waals surface area contributed by atoms with Gasteiger partial charge in [-0.1, -0.05) is 26.0 Å². The Hall–Kier alpha value is -2.04. The van der Waals surface area contributed by atoms with Crippen LogP contribution in [0.3, 0.4) is 0 Å². The van der Waals surface area contributed by atoms with Crippen LogP contribution in [0, 0.1) is 5.92 Å². The smallest absolute Gasteiger partial charge is 0.407 e. The Morgan fingerprint density at radius 3 is 2.30 bits per heavy atom. The van der Waals surface area contributed by atoms with Gasteiger partial charge in [0.2, 0.25) is 0 Å². The van der Waals surface area contributed by atoms with Crippen molar-refractivity contribution in [2.24, 2.45) is 5.92 Å². The van der Waals surface area contributed by atoms with Gasteiger partial charge < -0.3 is 15.4 Å². The van der Waals surface area contributed by atoms with E-state index in [0.717, 1.165) is 11.3 Å². The first-order chi connectivity index (χ1) is 10.9. The van der Waals surface area contributed by atoms with Crippen LogP contribution in [-0.4, -0.2) is 24.5 Å². The molecule has 0 aromatic heterocycles. The largest absolute Gasteiger partial charge is 0.445 e. The second-order valence-corrected chi connectivity index (χ2v) is 6.22. The number of rotatable bonds is 9. The van der Waals surface area contributed by atoms with Gasteiger partial charge in [0.1, 0.15) is 12.4 Å². The van der Waals surface area contributed by atoms with E-state index < -0.39 is 6.09 Å². The summed E-state index contributed by atoms with van der Waals surface area (Å²) in [5, 5.41) is 5.96. The topological polar surface area (TPSA) is 67.4 Å². The van der Waals surface area contributed by atoms with Crippen LogP contribution < -0.4 is 10.6 Å². The SMILES string of the molecule is CC(C)Nc1ccc(COC(=O)NCCCC(=O)C(C)C)cc1. The summed E-state index contributed by atoms with van der Waals surface area (Å²) in [7, 11) is 0. The number of amides is 1. The molecule has 128 valence electrons. The summed E-state index contributed by atoms with van der Waals surface area (Å²) in [4.78, 5) is 23.0. The molecular weight excluding hydrogens is 292 g/mol. The number of nitrogens with one attached hydrogen (secondary N) is 2. The summed E-state index contributed by atoms with van der Waals surface area (Å²) < 4.78 is 5.15. The average molecular weight is 320 g/mol. The number of anilines is 1. The molecule has 1 rings (SSSR count). The lowest BCUT2D eigenvalue weighted by atomic mass is 10.1. The highest BCUT2D eigenvalue weighted by molar-refractivity contribution is 5.80. The molecule has 1 aromatic carbocycles. The Kier molecular flexibility index (Phi) is 8.16. The van der Waals surface area contributed by atoms with E-state index in [1.54, 1.807) is 0 Å². The Bertz CT molecular complexity index is 495. The molecule has 0 heterocycles. The number of carbonyl (C=O) groups excluding carboxylic acids is 2. The third-order valence-electron chi connectivity index (χ3n) is 3.29. The lowest BCUT2D eigenvalue weighted by Crippen LogP contribution is -2.25. The summed E-state index contributed by atoms with van der Waals surface area (Å²) in [5.74, 6) is 0.269. The van der Waals surface area contributed by atoms with E-state index in [4.69, 9.17) is 4.74 Å². The quantitative estimate of drug-likeness (QED) is 0.680. The van der Waals surface area contributed by atoms with E-state index in [1.165, 1.54) is 0 Å². The fourth-order valence-corrected chi connectivity index (χ4v) is 1.97. The standard InChI is InChI=1S/C18H28N2O3/c1-13(2)17(21)6-5-11-19-18(22)23-12-15-7-9-16(10-8-15)20-14(3)4/h7-10,13-14,20H,5-6,11-12H2,1-4H3,(H,19,22). The van der Waals surface area contributed by atoms with Crippen LogP contribution >= 0.6 is 0 Å². The molecular formula is C18H28N2O3. The first-order valence-electron chi connectivity index (χ1n) is 8.17. The summed E-state index contributed by atoms with van der Waals surface area (Å²) in [5.41, 5.74) is 1.98. The van der Waals surface area contributed by atoms with Crippen LogP contribution in [0.5, 0.6) is 0 Å². The zero-order valence-corrected chi connectivity index (χ0v) is 14.5. The van der Waals surface area contributed by atoms with E-state index in [2.05, 4.69) is 24.5 Å². The maximum atomic E-state index is 11.6. The number of hydrogen-bond donors (Lipinski definition) is 2. The number of carbonyl (C=O) groups is 2. The van der Waals surface area contributed by atoms with Crippen LogP contribution in [0.4, 0.5) is 10.5 Å². The van der Waals surface area contributed by atoms with Gasteiger partial charge in [-0.2, -0.15) is 0 Å². The van der Waals surface area contributed by atoms with Gasteiger partial charge >= 0.3 is 6.09 Å². The maximum Gasteiger partial charge on any atom is 0.407 e. The first kappa shape index (κ1) is 19.0. The first-order valence-corrected chi connectivity index (χ1v) is 8.17. The normalized spacial score (nSPS) is 10.7. The van der Waals surface area contributed by atoms with Gasteiger partial charge in [-0.15, -0.1) is 0 Å². The Labute approximate surface area is 138 Å². The molecule has 0 aliphatic carbocycles. The fraction of sp³-hybridized carbons (Fsp3) is 0.556. The van der Waals surface area contributed by atoms with Crippen LogP contribution in [0.1, 0.15) is 46.1 Å². The lowest BCUT2D eigenvalue weighted by molar-refractivity contribution is -0.121. The van der Waals surface area contributed by atoms with Crippen molar-refractivity contribution in [3.05, 3.63) is 29.8 Å². The molecule has 0 spiro atoms. The van der Waals surface area contributed by atoms with Crippen molar-refractivity contribution in [2.75, 3.05) is 11.9 Å². The van der Waals surface area contributed by atoms with Gasteiger partial charge in [0.25, 0.3) is 0 Å². The van der Waals surface area contributed by atoms with E-state index in [1.807, 2.05) is 38.1 Å². The van der Waals surface area contributed by atoms with E-state index in [-0.39, 0.29) is 18.3 Å². The molecule has 0 bridgehead atoms. The number of ether oxygens (including phenoxy) is 1. The second kappa shape index (κ2) is 9.87. The molecule has 1 aromatic rings. The lowest BCUT2D eigenvalue weighted by Gasteiger charge is -2.11. The van der Waals surface area contributed by atoms with Crippen molar-refractivity contribution in [1.82, 2.24) is 5.32 Å². The fourth-order valence-electron chi connectivity index (χ4n) is 1.97. The average Bonchev–Trinajstić information content (AvgIpc) is 2.50. The third kappa shape index (κ3) is 8.24. The van der Waals surface area contributed by atoms with Crippen molar-refractivity contribution < 1.29 is 14.3 Å². The predicted octanol–water partition coefficient (Wildman–Crippen LogP) is 3.74. The molecule has 23 heavy (non-hydrogen) atoms. The molecule has 0 radical (unpaired) electrons. The van der Waals surface area contributed by atoms with Crippen molar-refractivity contribution in [3.8, 4) is 0 Å². The molecule has 0 saturated carbocycles. The van der Waals surface area contributed by atoms with Crippen molar-refractivity contribution in [2.45, 2.75) is 53.2 Å². The van der Waals surface area contributed by atoms with E-state index in [0.29, 0.717) is 25.4 Å². The predicted molar refractivity (Wildman–Crippen MR) is 92.5 cm³/mol. The van der Waals surface area contributed by atoms with E-state index in [9.17, 15) is 9.59 Å². The minimum Gasteiger partial charge on any atom is -0.445 e. The number of Topliss-reactive ketones (excluding diaryl/α,β-unsaturated/α-hetero) is 1. The minimum absolute atomic E-state index is 0.0510. The maximum absolute atomic E-state index is 11.6. The second-order valence-electron chi connectivity index (χ2n) is 6.22. The number of alkyl carbamates (subject to hydrolysis) is 1. The monoisotopic (exact) mass is 320 g/mol. The van der Waals surface area contributed by atoms with Gasteiger partial charge in [-0.25, -0.2) is 4.79 Å². The van der Waals surface area contributed by atoms with Gasteiger partial charge in [-0.3, -0.25) is 4.79 Å². The highest BCUT2D eigenvalue weighted by atomic mass is 16.5. The van der Waals surface area contributed by atoms with Crippen LogP contribution in [-0.2, 0) is 16.1 Å². The zero-order chi connectivity index (χ0) is 17.2. The van der Waals surface area contributed by atoms with Crippen LogP contribution in [0.15, 0.2) is 24.3 Å². The molecule has 5 heteroatoms. The highest BCUT2D eigenvalue weighted by Crippen LogP contribution is 2.11. The molecule has 5 nitrogen and oxygen atoms in total. The van der Waals surface area contributed by atoms with Crippen LogP contribution in [0.25, 0.3) is 0 Å². The third-order valence-corrected chi connectivity index (χ3v) is 3.29. The number of ketones is 1. The minimum atomic E-state index is -0.452. The summed E-state index contributed by atoms with van der Waals surface area (Å²) in [6.45, 7) is 8.61. The molecule has 0 unspecified atom stereocenters. The zero-order valence-electron chi connectivity index (χ0n) is 14.5. The summed E-state index contributed by atoms with van der Waals surface area (Å²) in [6, 6.07) is 8.17.